The number of oxazole rings is 1. The van der Waals surface area contributed by atoms with Gasteiger partial charge in [0.2, 0.25) is 0 Å². The molecule has 112 valence electrons. The number of fused-ring (bicyclic) bond motifs is 1. The SMILES string of the molecule is CC(CN1CCCC1)Nc1nc2ccc([N+](=O)[O-])cc2o1. The Hall–Kier alpha value is -2.15. The zero-order chi connectivity index (χ0) is 14.8. The topological polar surface area (TPSA) is 84.4 Å². The van der Waals surface area contributed by atoms with Crippen LogP contribution in [0.4, 0.5) is 11.7 Å². The summed E-state index contributed by atoms with van der Waals surface area (Å²) in [6.07, 6.45) is 2.53. The molecule has 1 saturated heterocycles. The first-order valence-electron chi connectivity index (χ1n) is 7.16. The first-order valence-corrected chi connectivity index (χ1v) is 7.16. The zero-order valence-corrected chi connectivity index (χ0v) is 11.9. The van der Waals surface area contributed by atoms with Crippen LogP contribution < -0.4 is 5.32 Å². The molecule has 7 heteroatoms. The third-order valence-electron chi connectivity index (χ3n) is 3.68. The zero-order valence-electron chi connectivity index (χ0n) is 11.9. The van der Waals surface area contributed by atoms with Crippen LogP contribution in [0.2, 0.25) is 0 Å². The number of nitrogens with one attached hydrogen (secondary N) is 1. The molecule has 1 unspecified atom stereocenters. The molecule has 1 aliphatic heterocycles. The Labute approximate surface area is 122 Å². The summed E-state index contributed by atoms with van der Waals surface area (Å²) >= 11 is 0. The van der Waals surface area contributed by atoms with Crippen molar-refractivity contribution in [2.24, 2.45) is 0 Å². The van der Waals surface area contributed by atoms with Gasteiger partial charge in [0.25, 0.3) is 11.7 Å². The van der Waals surface area contributed by atoms with Crippen molar-refractivity contribution in [3.05, 3.63) is 28.3 Å². The molecule has 0 saturated carbocycles. The molecule has 21 heavy (non-hydrogen) atoms. The van der Waals surface area contributed by atoms with Crippen LogP contribution in [0.1, 0.15) is 19.8 Å². The van der Waals surface area contributed by atoms with Crippen LogP contribution in [-0.2, 0) is 0 Å². The van der Waals surface area contributed by atoms with Crippen LogP contribution in [0.25, 0.3) is 11.1 Å². The van der Waals surface area contributed by atoms with E-state index in [9.17, 15) is 10.1 Å². The lowest BCUT2D eigenvalue weighted by Crippen LogP contribution is -2.33. The standard InChI is InChI=1S/C14H18N4O3/c1-10(9-17-6-2-3-7-17)15-14-16-12-5-4-11(18(19)20)8-13(12)21-14/h4-5,8,10H,2-3,6-7,9H2,1H3,(H,15,16). The second kappa shape index (κ2) is 5.69. The highest BCUT2D eigenvalue weighted by Crippen LogP contribution is 2.24. The van der Waals surface area contributed by atoms with Crippen LogP contribution in [-0.4, -0.2) is 40.5 Å². The van der Waals surface area contributed by atoms with Crippen molar-refractivity contribution in [3.8, 4) is 0 Å². The molecular weight excluding hydrogens is 272 g/mol. The van der Waals surface area contributed by atoms with Crippen LogP contribution in [0.5, 0.6) is 0 Å². The molecule has 7 nitrogen and oxygen atoms in total. The highest BCUT2D eigenvalue weighted by atomic mass is 16.6. The third kappa shape index (κ3) is 3.13. The summed E-state index contributed by atoms with van der Waals surface area (Å²) < 4.78 is 5.55. The molecule has 1 aromatic carbocycles. The average molecular weight is 290 g/mol. The highest BCUT2D eigenvalue weighted by molar-refractivity contribution is 5.77. The van der Waals surface area contributed by atoms with E-state index in [2.05, 4.69) is 22.1 Å². The fraction of sp³-hybridized carbons (Fsp3) is 0.500. The van der Waals surface area contributed by atoms with E-state index in [1.54, 1.807) is 6.07 Å². The minimum absolute atomic E-state index is 0.00955. The molecule has 0 aliphatic carbocycles. The van der Waals surface area contributed by atoms with Gasteiger partial charge in [-0.1, -0.05) is 0 Å². The van der Waals surface area contributed by atoms with Crippen LogP contribution in [0, 0.1) is 10.1 Å². The number of aromatic nitrogens is 1. The van der Waals surface area contributed by atoms with Crippen molar-refractivity contribution >= 4 is 22.8 Å². The Morgan fingerprint density at radius 3 is 2.95 bits per heavy atom. The molecule has 1 atom stereocenters. The number of hydrogen-bond donors (Lipinski definition) is 1. The van der Waals surface area contributed by atoms with Gasteiger partial charge in [0, 0.05) is 18.7 Å². The van der Waals surface area contributed by atoms with Gasteiger partial charge in [0.15, 0.2) is 5.58 Å². The molecule has 3 rings (SSSR count). The van der Waals surface area contributed by atoms with E-state index < -0.39 is 4.92 Å². The molecule has 2 aromatic rings. The maximum absolute atomic E-state index is 10.7. The summed E-state index contributed by atoms with van der Waals surface area (Å²) in [5, 5.41) is 14.0. The average Bonchev–Trinajstić information content (AvgIpc) is 3.05. The van der Waals surface area contributed by atoms with E-state index in [1.807, 2.05) is 0 Å². The third-order valence-corrected chi connectivity index (χ3v) is 3.68. The van der Waals surface area contributed by atoms with Gasteiger partial charge < -0.3 is 14.6 Å². The Balaban J connectivity index is 1.70. The number of likely N-dealkylation sites (tertiary alicyclic amines) is 1. The monoisotopic (exact) mass is 290 g/mol. The van der Waals surface area contributed by atoms with E-state index in [0.717, 1.165) is 19.6 Å². The van der Waals surface area contributed by atoms with Gasteiger partial charge in [-0.15, -0.1) is 0 Å². The van der Waals surface area contributed by atoms with Gasteiger partial charge in [-0.2, -0.15) is 4.98 Å². The van der Waals surface area contributed by atoms with Gasteiger partial charge in [-0.3, -0.25) is 10.1 Å². The molecule has 0 amide bonds. The van der Waals surface area contributed by atoms with Gasteiger partial charge >= 0.3 is 0 Å². The maximum Gasteiger partial charge on any atom is 0.295 e. The molecule has 1 fully saturated rings. The highest BCUT2D eigenvalue weighted by Gasteiger charge is 2.17. The number of nitrogens with zero attached hydrogens (tertiary/aromatic N) is 3. The van der Waals surface area contributed by atoms with Crippen molar-refractivity contribution in [3.63, 3.8) is 0 Å². The van der Waals surface area contributed by atoms with E-state index in [4.69, 9.17) is 4.42 Å². The minimum Gasteiger partial charge on any atom is -0.423 e. The van der Waals surface area contributed by atoms with Crippen molar-refractivity contribution in [2.45, 2.75) is 25.8 Å². The van der Waals surface area contributed by atoms with Crippen LogP contribution in [0.15, 0.2) is 22.6 Å². The predicted molar refractivity (Wildman–Crippen MR) is 79.4 cm³/mol. The molecule has 0 bridgehead atoms. The van der Waals surface area contributed by atoms with Gasteiger partial charge in [0.1, 0.15) is 5.52 Å². The first-order chi connectivity index (χ1) is 10.1. The van der Waals surface area contributed by atoms with Crippen molar-refractivity contribution in [1.29, 1.82) is 0 Å². The number of nitro groups is 1. The smallest absolute Gasteiger partial charge is 0.295 e. The number of hydrogen-bond acceptors (Lipinski definition) is 6. The van der Waals surface area contributed by atoms with E-state index in [1.165, 1.54) is 25.0 Å². The number of rotatable bonds is 5. The van der Waals surface area contributed by atoms with Crippen molar-refractivity contribution in [1.82, 2.24) is 9.88 Å². The van der Waals surface area contributed by atoms with Crippen molar-refractivity contribution < 1.29 is 9.34 Å². The van der Waals surface area contributed by atoms with Gasteiger partial charge in [0.05, 0.1) is 11.0 Å². The molecule has 0 radical (unpaired) electrons. The number of benzene rings is 1. The van der Waals surface area contributed by atoms with Crippen molar-refractivity contribution in [2.75, 3.05) is 25.0 Å². The van der Waals surface area contributed by atoms with Crippen LogP contribution >= 0.6 is 0 Å². The molecule has 1 aliphatic rings. The van der Waals surface area contributed by atoms with Gasteiger partial charge in [-0.25, -0.2) is 0 Å². The quantitative estimate of drug-likeness (QED) is 0.673. The fourth-order valence-electron chi connectivity index (χ4n) is 2.70. The Bertz CT molecular complexity index is 649. The summed E-state index contributed by atoms with van der Waals surface area (Å²) in [4.78, 5) is 17.0. The predicted octanol–water partition coefficient (Wildman–Crippen LogP) is 2.63. The Morgan fingerprint density at radius 2 is 2.24 bits per heavy atom. The van der Waals surface area contributed by atoms with E-state index in [-0.39, 0.29) is 11.7 Å². The number of nitro benzene ring substituents is 1. The lowest BCUT2D eigenvalue weighted by molar-refractivity contribution is -0.384. The fourth-order valence-corrected chi connectivity index (χ4v) is 2.70. The Morgan fingerprint density at radius 1 is 1.48 bits per heavy atom. The van der Waals surface area contributed by atoms with Gasteiger partial charge in [-0.05, 0) is 38.9 Å². The summed E-state index contributed by atoms with van der Waals surface area (Å²) in [6.45, 7) is 5.31. The second-order valence-corrected chi connectivity index (χ2v) is 5.48. The Kier molecular flexibility index (Phi) is 3.74. The normalized spacial score (nSPS) is 17.2. The van der Waals surface area contributed by atoms with E-state index in [0.29, 0.717) is 17.1 Å². The molecule has 2 heterocycles. The summed E-state index contributed by atoms with van der Waals surface area (Å²) in [5.41, 5.74) is 1.06. The summed E-state index contributed by atoms with van der Waals surface area (Å²) in [7, 11) is 0. The lowest BCUT2D eigenvalue weighted by atomic mass is 10.3. The largest absolute Gasteiger partial charge is 0.423 e. The second-order valence-electron chi connectivity index (χ2n) is 5.48. The molecule has 0 spiro atoms. The maximum atomic E-state index is 10.7. The first kappa shape index (κ1) is 13.8. The summed E-state index contributed by atoms with van der Waals surface area (Å²) in [5.74, 6) is 0. The lowest BCUT2D eigenvalue weighted by Gasteiger charge is -2.20. The number of anilines is 1. The van der Waals surface area contributed by atoms with Crippen LogP contribution in [0.3, 0.4) is 0 Å². The summed E-state index contributed by atoms with van der Waals surface area (Å²) in [6, 6.07) is 5.07. The molecule has 1 aromatic heterocycles. The van der Waals surface area contributed by atoms with E-state index >= 15 is 0 Å². The minimum atomic E-state index is -0.439. The molecular formula is C14H18N4O3. The molecule has 1 N–H and O–H groups in total. The number of non-ortho nitro benzene ring substituents is 1.